The van der Waals surface area contributed by atoms with Crippen molar-refractivity contribution in [3.05, 3.63) is 83.4 Å². The molecule has 0 spiro atoms. The molecule has 0 atom stereocenters. The van der Waals surface area contributed by atoms with Gasteiger partial charge in [0.25, 0.3) is 0 Å². The van der Waals surface area contributed by atoms with Crippen LogP contribution >= 0.6 is 0 Å². The fourth-order valence-corrected chi connectivity index (χ4v) is 4.12. The van der Waals surface area contributed by atoms with Gasteiger partial charge in [0.15, 0.2) is 0 Å². The number of hydrogen-bond donors (Lipinski definition) is 0. The molecule has 1 aliphatic rings. The molecule has 1 saturated carbocycles. The lowest BCUT2D eigenvalue weighted by Crippen LogP contribution is -2.33. The molecule has 2 aromatic heterocycles. The molecule has 0 N–H and O–H groups in total. The maximum Gasteiger partial charge on any atom is 0.310 e. The Balaban J connectivity index is 1.58. The van der Waals surface area contributed by atoms with Crippen LogP contribution in [0.25, 0.3) is 11.1 Å². The van der Waals surface area contributed by atoms with E-state index in [1.807, 2.05) is 29.3 Å². The van der Waals surface area contributed by atoms with Gasteiger partial charge in [-0.15, -0.1) is 0 Å². The van der Waals surface area contributed by atoms with E-state index in [9.17, 15) is 9.59 Å². The van der Waals surface area contributed by atoms with Gasteiger partial charge in [0.1, 0.15) is 0 Å². The van der Waals surface area contributed by atoms with Crippen LogP contribution in [0.5, 0.6) is 0 Å². The van der Waals surface area contributed by atoms with E-state index in [4.69, 9.17) is 4.74 Å². The third kappa shape index (κ3) is 6.28. The Hall–Kier alpha value is -3.54. The zero-order chi connectivity index (χ0) is 23.9. The Morgan fingerprint density at radius 2 is 1.82 bits per heavy atom. The first-order chi connectivity index (χ1) is 16.5. The third-order valence-electron chi connectivity index (χ3n) is 6.04. The normalized spacial score (nSPS) is 12.9. The molecule has 1 amide bonds. The highest BCUT2D eigenvalue weighted by atomic mass is 16.5. The number of aryl methyl sites for hydroxylation is 1. The van der Waals surface area contributed by atoms with E-state index in [1.54, 1.807) is 25.5 Å². The van der Waals surface area contributed by atoms with Crippen molar-refractivity contribution in [2.24, 2.45) is 5.92 Å². The van der Waals surface area contributed by atoms with Gasteiger partial charge in [0.05, 0.1) is 13.0 Å². The van der Waals surface area contributed by atoms with Crippen molar-refractivity contribution in [3.8, 4) is 11.1 Å². The lowest BCUT2D eigenvalue weighted by Gasteiger charge is -2.25. The number of ether oxygens (including phenoxy) is 1. The number of rotatable bonds is 10. The predicted octanol–water partition coefficient (Wildman–Crippen LogP) is 4.54. The van der Waals surface area contributed by atoms with Crippen LogP contribution in [0.2, 0.25) is 0 Å². The topological polar surface area (TPSA) is 72.4 Å². The molecule has 0 radical (unpaired) electrons. The van der Waals surface area contributed by atoms with Crippen LogP contribution in [0.4, 0.5) is 0 Å². The van der Waals surface area contributed by atoms with Gasteiger partial charge in [-0.2, -0.15) is 0 Å². The van der Waals surface area contributed by atoms with Crippen molar-refractivity contribution in [2.45, 2.75) is 46.1 Å². The Labute approximate surface area is 201 Å². The van der Waals surface area contributed by atoms with E-state index >= 15 is 0 Å². The van der Waals surface area contributed by atoms with Crippen LogP contribution in [-0.4, -0.2) is 39.9 Å². The third-order valence-corrected chi connectivity index (χ3v) is 6.04. The lowest BCUT2D eigenvalue weighted by atomic mass is 9.97. The van der Waals surface area contributed by atoms with Gasteiger partial charge in [-0.1, -0.05) is 23.8 Å². The van der Waals surface area contributed by atoms with Gasteiger partial charge in [-0.25, -0.2) is 0 Å². The molecule has 1 aliphatic carbocycles. The molecular formula is C28H31N3O3. The summed E-state index contributed by atoms with van der Waals surface area (Å²) in [5.41, 5.74) is 6.17. The highest BCUT2D eigenvalue weighted by Crippen LogP contribution is 2.33. The molecule has 1 aromatic carbocycles. The summed E-state index contributed by atoms with van der Waals surface area (Å²) in [7, 11) is 0. The van der Waals surface area contributed by atoms with E-state index in [-0.39, 0.29) is 24.2 Å². The first kappa shape index (κ1) is 23.6. The summed E-state index contributed by atoms with van der Waals surface area (Å²) in [6.07, 6.45) is 10.0. The van der Waals surface area contributed by atoms with Crippen LogP contribution in [-0.2, 0) is 33.7 Å². The lowest BCUT2D eigenvalue weighted by molar-refractivity contribution is -0.142. The standard InChI is InChI=1S/C28H31N3O3/c1-3-34-27(32)16-22-15-24(18-30-17-22)26-7-4-20(2)14-25(26)19-31(28(33)23-5-6-23)13-10-21-8-11-29-12-9-21/h4,7-9,11-12,14-15,17-18,23H,3,5-6,10,13,16,19H2,1-2H3. The molecule has 1 fully saturated rings. The van der Waals surface area contributed by atoms with Gasteiger partial charge in [-0.05, 0) is 73.6 Å². The first-order valence-corrected chi connectivity index (χ1v) is 11.9. The molecule has 2 heterocycles. The van der Waals surface area contributed by atoms with Crippen molar-refractivity contribution >= 4 is 11.9 Å². The Morgan fingerprint density at radius 1 is 1.03 bits per heavy atom. The van der Waals surface area contributed by atoms with E-state index in [2.05, 4.69) is 35.1 Å². The van der Waals surface area contributed by atoms with E-state index < -0.39 is 0 Å². The molecular weight excluding hydrogens is 426 g/mol. The molecule has 3 aromatic rings. The minimum atomic E-state index is -0.261. The SMILES string of the molecule is CCOC(=O)Cc1cncc(-c2ccc(C)cc2CN(CCc2ccncc2)C(=O)C2CC2)c1. The van der Waals surface area contributed by atoms with E-state index in [1.165, 1.54) is 5.56 Å². The van der Waals surface area contributed by atoms with Crippen molar-refractivity contribution in [1.29, 1.82) is 0 Å². The first-order valence-electron chi connectivity index (χ1n) is 11.9. The van der Waals surface area contributed by atoms with Gasteiger partial charge >= 0.3 is 5.97 Å². The van der Waals surface area contributed by atoms with Gasteiger partial charge in [0, 0.05) is 49.4 Å². The van der Waals surface area contributed by atoms with Gasteiger partial charge in [-0.3, -0.25) is 19.6 Å². The Kier molecular flexibility index (Phi) is 7.68. The van der Waals surface area contributed by atoms with Crippen LogP contribution < -0.4 is 0 Å². The van der Waals surface area contributed by atoms with E-state index in [0.717, 1.165) is 47.1 Å². The quantitative estimate of drug-likeness (QED) is 0.418. The van der Waals surface area contributed by atoms with Crippen molar-refractivity contribution in [3.63, 3.8) is 0 Å². The van der Waals surface area contributed by atoms with Crippen LogP contribution in [0.1, 0.15) is 42.0 Å². The number of carbonyl (C=O) groups excluding carboxylic acids is 2. The molecule has 34 heavy (non-hydrogen) atoms. The number of hydrogen-bond acceptors (Lipinski definition) is 5. The van der Waals surface area contributed by atoms with Crippen LogP contribution in [0.3, 0.4) is 0 Å². The molecule has 0 unspecified atom stereocenters. The number of esters is 1. The minimum Gasteiger partial charge on any atom is -0.466 e. The number of carbonyl (C=O) groups is 2. The molecule has 0 aliphatic heterocycles. The fraction of sp³-hybridized carbons (Fsp3) is 0.357. The Morgan fingerprint density at radius 3 is 2.56 bits per heavy atom. The summed E-state index contributed by atoms with van der Waals surface area (Å²) in [6.45, 7) is 5.42. The summed E-state index contributed by atoms with van der Waals surface area (Å²) in [5, 5.41) is 0. The molecule has 0 bridgehead atoms. The summed E-state index contributed by atoms with van der Waals surface area (Å²) >= 11 is 0. The van der Waals surface area contributed by atoms with Crippen molar-refractivity contribution in [1.82, 2.24) is 14.9 Å². The average molecular weight is 458 g/mol. The predicted molar refractivity (Wildman–Crippen MR) is 131 cm³/mol. The number of pyridine rings is 2. The maximum atomic E-state index is 13.2. The zero-order valence-electron chi connectivity index (χ0n) is 19.9. The smallest absolute Gasteiger partial charge is 0.310 e. The monoisotopic (exact) mass is 457 g/mol. The minimum absolute atomic E-state index is 0.153. The van der Waals surface area contributed by atoms with Crippen molar-refractivity contribution in [2.75, 3.05) is 13.2 Å². The highest BCUT2D eigenvalue weighted by molar-refractivity contribution is 5.81. The molecule has 4 rings (SSSR count). The largest absolute Gasteiger partial charge is 0.466 e. The zero-order valence-corrected chi connectivity index (χ0v) is 19.9. The van der Waals surface area contributed by atoms with Crippen LogP contribution in [0, 0.1) is 12.8 Å². The number of aromatic nitrogens is 2. The summed E-state index contributed by atoms with van der Waals surface area (Å²) in [6, 6.07) is 12.3. The molecule has 176 valence electrons. The summed E-state index contributed by atoms with van der Waals surface area (Å²) in [4.78, 5) is 35.6. The second-order valence-electron chi connectivity index (χ2n) is 8.86. The fourth-order valence-electron chi connectivity index (χ4n) is 4.12. The molecule has 6 heteroatoms. The van der Waals surface area contributed by atoms with E-state index in [0.29, 0.717) is 19.7 Å². The van der Waals surface area contributed by atoms with Crippen LogP contribution in [0.15, 0.2) is 61.2 Å². The number of nitrogens with zero attached hydrogens (tertiary/aromatic N) is 3. The summed E-state index contributed by atoms with van der Waals surface area (Å²) in [5.74, 6) is 0.124. The van der Waals surface area contributed by atoms with Gasteiger partial charge < -0.3 is 9.64 Å². The summed E-state index contributed by atoms with van der Waals surface area (Å²) < 4.78 is 5.09. The van der Waals surface area contributed by atoms with Crippen molar-refractivity contribution < 1.29 is 14.3 Å². The second-order valence-corrected chi connectivity index (χ2v) is 8.86. The molecule has 0 saturated heterocycles. The Bertz CT molecular complexity index is 1140. The average Bonchev–Trinajstić information content (AvgIpc) is 3.68. The second kappa shape index (κ2) is 11.1. The number of amides is 1. The molecule has 6 nitrogen and oxygen atoms in total. The highest BCUT2D eigenvalue weighted by Gasteiger charge is 2.33. The van der Waals surface area contributed by atoms with Gasteiger partial charge in [0.2, 0.25) is 5.91 Å². The maximum absolute atomic E-state index is 13.2. The number of benzene rings is 1.